The first kappa shape index (κ1) is 13.4. The maximum Gasteiger partial charge on any atom is -0.0326 e. The highest BCUT2D eigenvalue weighted by atomic mass is 14.6. The summed E-state index contributed by atoms with van der Waals surface area (Å²) in [6.07, 6.45) is 20.8. The minimum atomic E-state index is 1.15. The average molecular weight is 287 g/mol. The Morgan fingerprint density at radius 3 is 1.86 bits per heavy atom. The summed E-state index contributed by atoms with van der Waals surface area (Å²) in [4.78, 5) is 0. The van der Waals surface area contributed by atoms with Crippen molar-refractivity contribution in [3.63, 3.8) is 0 Å². The third-order valence-electron chi connectivity index (χ3n) is 8.85. The van der Waals surface area contributed by atoms with Crippen LogP contribution in [0.15, 0.2) is 0 Å². The van der Waals surface area contributed by atoms with E-state index >= 15 is 0 Å². The number of fused-ring (bicyclic) bond motifs is 3. The van der Waals surface area contributed by atoms with Crippen molar-refractivity contribution < 1.29 is 0 Å². The Morgan fingerprint density at radius 1 is 0.381 bits per heavy atom. The molecule has 0 aliphatic heterocycles. The second-order valence-electron chi connectivity index (χ2n) is 9.56. The zero-order chi connectivity index (χ0) is 13.8. The van der Waals surface area contributed by atoms with Gasteiger partial charge in [0.25, 0.3) is 0 Å². The first-order chi connectivity index (χ1) is 10.4. The second-order valence-corrected chi connectivity index (χ2v) is 9.56. The summed E-state index contributed by atoms with van der Waals surface area (Å²) < 4.78 is 0. The zero-order valence-electron chi connectivity index (χ0n) is 13.8. The molecule has 0 spiro atoms. The van der Waals surface area contributed by atoms with Crippen molar-refractivity contribution in [2.45, 2.75) is 83.5 Å². The largest absolute Gasteiger partial charge is 0.0530 e. The Hall–Kier alpha value is 0. The van der Waals surface area contributed by atoms with E-state index in [-0.39, 0.29) is 0 Å². The van der Waals surface area contributed by atoms with Gasteiger partial charge in [-0.05, 0) is 73.0 Å². The molecule has 5 rings (SSSR count). The maximum atomic E-state index is 1.66. The predicted octanol–water partition coefficient (Wildman–Crippen LogP) is 6.06. The van der Waals surface area contributed by atoms with E-state index in [1.807, 2.05) is 0 Å². The molecule has 5 fully saturated rings. The minimum Gasteiger partial charge on any atom is -0.0530 e. The summed E-state index contributed by atoms with van der Waals surface area (Å²) in [5, 5.41) is 0. The molecular formula is C21H34. The molecule has 5 aliphatic carbocycles. The van der Waals surface area contributed by atoms with Gasteiger partial charge in [0.15, 0.2) is 0 Å². The summed E-state index contributed by atoms with van der Waals surface area (Å²) in [7, 11) is 0. The van der Waals surface area contributed by atoms with Crippen LogP contribution < -0.4 is 0 Å². The van der Waals surface area contributed by atoms with Crippen molar-refractivity contribution in [2.75, 3.05) is 0 Å². The molecule has 5 saturated carbocycles. The molecule has 0 saturated heterocycles. The molecule has 0 aromatic carbocycles. The lowest BCUT2D eigenvalue weighted by Gasteiger charge is -2.58. The van der Waals surface area contributed by atoms with Crippen LogP contribution in [0.1, 0.15) is 83.5 Å². The highest BCUT2D eigenvalue weighted by molar-refractivity contribution is 5.02. The van der Waals surface area contributed by atoms with Gasteiger partial charge in [0.2, 0.25) is 0 Å². The topological polar surface area (TPSA) is 0 Å². The van der Waals surface area contributed by atoms with Gasteiger partial charge in [-0.1, -0.05) is 57.8 Å². The van der Waals surface area contributed by atoms with Crippen molar-refractivity contribution in [1.82, 2.24) is 0 Å². The van der Waals surface area contributed by atoms with Crippen molar-refractivity contribution in [1.29, 1.82) is 0 Å². The van der Waals surface area contributed by atoms with Crippen LogP contribution in [0, 0.1) is 47.3 Å². The van der Waals surface area contributed by atoms with Crippen LogP contribution in [0.5, 0.6) is 0 Å². The summed E-state index contributed by atoms with van der Waals surface area (Å²) in [6.45, 7) is 0. The van der Waals surface area contributed by atoms with Crippen LogP contribution >= 0.6 is 0 Å². The van der Waals surface area contributed by atoms with Gasteiger partial charge in [-0.2, -0.15) is 0 Å². The Balaban J connectivity index is 1.41. The van der Waals surface area contributed by atoms with Crippen LogP contribution in [-0.2, 0) is 0 Å². The smallest absolute Gasteiger partial charge is 0.0326 e. The second kappa shape index (κ2) is 5.27. The first-order valence-electron chi connectivity index (χ1n) is 10.4. The monoisotopic (exact) mass is 286 g/mol. The van der Waals surface area contributed by atoms with E-state index < -0.39 is 0 Å². The van der Waals surface area contributed by atoms with E-state index in [1.165, 1.54) is 17.8 Å². The highest BCUT2D eigenvalue weighted by Crippen LogP contribution is 2.61. The number of hydrogen-bond acceptors (Lipinski definition) is 0. The molecule has 0 aromatic heterocycles. The third kappa shape index (κ3) is 2.14. The molecule has 118 valence electrons. The fourth-order valence-corrected chi connectivity index (χ4v) is 8.23. The summed E-state index contributed by atoms with van der Waals surface area (Å²) >= 11 is 0. The molecule has 0 heteroatoms. The van der Waals surface area contributed by atoms with Crippen molar-refractivity contribution in [3.05, 3.63) is 0 Å². The van der Waals surface area contributed by atoms with Crippen molar-refractivity contribution in [2.24, 2.45) is 47.3 Å². The van der Waals surface area contributed by atoms with Crippen molar-refractivity contribution >= 4 is 0 Å². The molecule has 0 N–H and O–H groups in total. The molecule has 0 aromatic rings. The van der Waals surface area contributed by atoms with Gasteiger partial charge in [-0.25, -0.2) is 0 Å². The lowest BCUT2D eigenvalue weighted by molar-refractivity contribution is -0.0900. The molecular weight excluding hydrogens is 252 g/mol. The van der Waals surface area contributed by atoms with E-state index in [4.69, 9.17) is 0 Å². The minimum absolute atomic E-state index is 1.15. The Morgan fingerprint density at radius 2 is 1.00 bits per heavy atom. The summed E-state index contributed by atoms with van der Waals surface area (Å²) in [5.41, 5.74) is 0. The lowest BCUT2D eigenvalue weighted by Crippen LogP contribution is -2.50. The molecule has 0 amide bonds. The lowest BCUT2D eigenvalue weighted by atomic mass is 9.47. The normalized spacial score (nSPS) is 56.0. The van der Waals surface area contributed by atoms with Gasteiger partial charge in [-0.3, -0.25) is 0 Å². The molecule has 0 bridgehead atoms. The van der Waals surface area contributed by atoms with Crippen LogP contribution in [0.25, 0.3) is 0 Å². The van der Waals surface area contributed by atoms with Crippen LogP contribution in [0.2, 0.25) is 0 Å². The highest BCUT2D eigenvalue weighted by Gasteiger charge is 2.52. The van der Waals surface area contributed by atoms with Gasteiger partial charge >= 0.3 is 0 Å². The van der Waals surface area contributed by atoms with Gasteiger partial charge in [0.05, 0.1) is 0 Å². The standard InChI is InChI=1S/C21H34/c1-2-6-16-13-20-18(11-15(16)5-1)12-17-9-3-7-14-8-4-10-19(20)21(14)17/h14-21H,1-13H2. The molecule has 21 heavy (non-hydrogen) atoms. The van der Waals surface area contributed by atoms with Gasteiger partial charge in [-0.15, -0.1) is 0 Å². The SMILES string of the molecule is C1CCC2CC3C(CC2C1)CC1CCCC2CCCC3C21. The van der Waals surface area contributed by atoms with Crippen molar-refractivity contribution in [3.8, 4) is 0 Å². The van der Waals surface area contributed by atoms with Crippen LogP contribution in [0.3, 0.4) is 0 Å². The van der Waals surface area contributed by atoms with E-state index in [0.29, 0.717) is 0 Å². The third-order valence-corrected chi connectivity index (χ3v) is 8.85. The Kier molecular flexibility index (Phi) is 3.38. The van der Waals surface area contributed by atoms with Gasteiger partial charge in [0, 0.05) is 0 Å². The first-order valence-corrected chi connectivity index (χ1v) is 10.4. The van der Waals surface area contributed by atoms with Gasteiger partial charge in [0.1, 0.15) is 0 Å². The fourth-order valence-electron chi connectivity index (χ4n) is 8.23. The molecule has 5 aliphatic rings. The van der Waals surface area contributed by atoms with Gasteiger partial charge < -0.3 is 0 Å². The zero-order valence-corrected chi connectivity index (χ0v) is 13.8. The molecule has 0 radical (unpaired) electrons. The predicted molar refractivity (Wildman–Crippen MR) is 87.9 cm³/mol. The van der Waals surface area contributed by atoms with Crippen LogP contribution in [0.4, 0.5) is 0 Å². The Labute approximate surface area is 131 Å². The van der Waals surface area contributed by atoms with E-state index in [1.54, 1.807) is 83.5 Å². The molecule has 0 heterocycles. The number of rotatable bonds is 0. The summed E-state index contributed by atoms with van der Waals surface area (Å²) in [6, 6.07) is 0. The molecule has 8 atom stereocenters. The maximum absolute atomic E-state index is 1.66. The fraction of sp³-hybridized carbons (Fsp3) is 1.00. The van der Waals surface area contributed by atoms with E-state index in [9.17, 15) is 0 Å². The number of hydrogen-bond donors (Lipinski definition) is 0. The van der Waals surface area contributed by atoms with E-state index in [0.717, 1.165) is 29.6 Å². The average Bonchev–Trinajstić information content (AvgIpc) is 2.54. The molecule has 0 nitrogen and oxygen atoms in total. The van der Waals surface area contributed by atoms with E-state index in [2.05, 4.69) is 0 Å². The quantitative estimate of drug-likeness (QED) is 0.508. The molecule has 8 unspecified atom stereocenters. The van der Waals surface area contributed by atoms with Crippen LogP contribution in [-0.4, -0.2) is 0 Å². The summed E-state index contributed by atoms with van der Waals surface area (Å²) in [5.74, 6) is 9.33. The Bertz CT molecular complexity index is 383.